The third kappa shape index (κ3) is 7.66. The van der Waals surface area contributed by atoms with Crippen molar-refractivity contribution >= 4 is 41.2 Å². The number of carbonyl (C=O) groups excluding carboxylic acids is 2. The van der Waals surface area contributed by atoms with Gasteiger partial charge < -0.3 is 14.4 Å². The van der Waals surface area contributed by atoms with Crippen LogP contribution in [-0.2, 0) is 9.47 Å². The highest BCUT2D eigenvalue weighted by molar-refractivity contribution is 7.99. The molecule has 0 unspecified atom stereocenters. The first-order valence-corrected chi connectivity index (χ1v) is 12.3. The highest BCUT2D eigenvalue weighted by Crippen LogP contribution is 2.16. The number of amides is 1. The summed E-state index contributed by atoms with van der Waals surface area (Å²) in [5.41, 5.74) is 1.77. The first-order chi connectivity index (χ1) is 17.2. The molecule has 35 heavy (non-hydrogen) atoms. The summed E-state index contributed by atoms with van der Waals surface area (Å²) in [6.07, 6.45) is 4.39. The normalized spacial score (nSPS) is 13.5. The fourth-order valence-electron chi connectivity index (χ4n) is 3.34. The Morgan fingerprint density at radius 3 is 2.66 bits per heavy atom. The number of nitrogens with zero attached hydrogens (tertiary/aromatic N) is 3. The van der Waals surface area contributed by atoms with E-state index >= 15 is 0 Å². The van der Waals surface area contributed by atoms with Gasteiger partial charge in [-0.05, 0) is 60.7 Å². The Hall–Kier alpha value is -3.69. The van der Waals surface area contributed by atoms with Crippen LogP contribution in [0.4, 0.5) is 16.3 Å². The lowest BCUT2D eigenvalue weighted by Gasteiger charge is -2.27. The summed E-state index contributed by atoms with van der Waals surface area (Å²) in [6, 6.07) is 18.1. The van der Waals surface area contributed by atoms with E-state index in [4.69, 9.17) is 9.47 Å². The molecule has 1 amide bonds. The second kappa shape index (κ2) is 12.7. The summed E-state index contributed by atoms with van der Waals surface area (Å²) in [5, 5.41) is 3.54. The van der Waals surface area contributed by atoms with Crippen LogP contribution in [0.3, 0.4) is 0 Å². The Kier molecular flexibility index (Phi) is 8.85. The van der Waals surface area contributed by atoms with Crippen molar-refractivity contribution < 1.29 is 19.1 Å². The lowest BCUT2D eigenvalue weighted by molar-refractivity contribution is 0.104. The van der Waals surface area contributed by atoms with Crippen molar-refractivity contribution in [3.63, 3.8) is 0 Å². The third-order valence-corrected chi connectivity index (χ3v) is 6.02. The minimum absolute atomic E-state index is 0.149. The topological polar surface area (TPSA) is 93.7 Å². The number of aromatic nitrogens is 2. The number of ether oxygens (including phenoxy) is 2. The molecule has 0 aliphatic carbocycles. The van der Waals surface area contributed by atoms with E-state index in [2.05, 4.69) is 20.2 Å². The van der Waals surface area contributed by atoms with E-state index in [0.717, 1.165) is 23.9 Å². The predicted octanol–water partition coefficient (Wildman–Crippen LogP) is 4.55. The molecule has 0 radical (unpaired) electrons. The van der Waals surface area contributed by atoms with Gasteiger partial charge in [0.1, 0.15) is 12.4 Å². The molecule has 1 aliphatic heterocycles. The van der Waals surface area contributed by atoms with Crippen LogP contribution in [0.2, 0.25) is 0 Å². The number of pyridine rings is 2. The van der Waals surface area contributed by atoms with Gasteiger partial charge in [-0.25, -0.2) is 14.8 Å². The molecule has 1 fully saturated rings. The van der Waals surface area contributed by atoms with Crippen LogP contribution in [0.5, 0.6) is 0 Å². The number of thioether (sulfide) groups is 1. The van der Waals surface area contributed by atoms with Crippen molar-refractivity contribution in [2.75, 3.05) is 48.9 Å². The van der Waals surface area contributed by atoms with Gasteiger partial charge in [-0.2, -0.15) is 0 Å². The maximum Gasteiger partial charge on any atom is 0.411 e. The zero-order chi connectivity index (χ0) is 24.3. The Labute approximate surface area is 208 Å². The van der Waals surface area contributed by atoms with Gasteiger partial charge >= 0.3 is 6.09 Å². The fraction of sp³-hybridized carbons (Fsp3) is 0.231. The summed E-state index contributed by atoms with van der Waals surface area (Å²) >= 11 is 1.51. The van der Waals surface area contributed by atoms with Gasteiger partial charge in [-0.1, -0.05) is 12.1 Å². The van der Waals surface area contributed by atoms with E-state index in [1.54, 1.807) is 36.5 Å². The smallest absolute Gasteiger partial charge is 0.411 e. The summed E-state index contributed by atoms with van der Waals surface area (Å²) in [7, 11) is 0. The molecule has 4 rings (SSSR count). The minimum Gasteiger partial charge on any atom is -0.448 e. The van der Waals surface area contributed by atoms with Crippen LogP contribution in [0.15, 0.2) is 78.0 Å². The molecule has 1 aromatic carbocycles. The van der Waals surface area contributed by atoms with E-state index in [1.807, 2.05) is 36.4 Å². The van der Waals surface area contributed by atoms with Gasteiger partial charge in [0.15, 0.2) is 5.78 Å². The predicted molar refractivity (Wildman–Crippen MR) is 137 cm³/mol. The van der Waals surface area contributed by atoms with Crippen LogP contribution in [0.25, 0.3) is 6.08 Å². The largest absolute Gasteiger partial charge is 0.448 e. The molecular formula is C26H26N4O4S. The van der Waals surface area contributed by atoms with Crippen molar-refractivity contribution in [3.05, 3.63) is 84.2 Å². The van der Waals surface area contributed by atoms with E-state index < -0.39 is 6.09 Å². The fourth-order valence-corrected chi connectivity index (χ4v) is 4.03. The van der Waals surface area contributed by atoms with Crippen molar-refractivity contribution in [1.29, 1.82) is 0 Å². The number of hydrogen-bond acceptors (Lipinski definition) is 8. The molecule has 1 aliphatic rings. The molecule has 2 aromatic heterocycles. The van der Waals surface area contributed by atoms with Crippen LogP contribution < -0.4 is 10.2 Å². The number of ketones is 1. The Morgan fingerprint density at radius 1 is 1.06 bits per heavy atom. The Balaban J connectivity index is 1.24. The van der Waals surface area contributed by atoms with E-state index in [-0.39, 0.29) is 12.4 Å². The number of carbonyl (C=O) groups is 2. The molecule has 180 valence electrons. The number of nitrogens with one attached hydrogen (secondary N) is 1. The maximum absolute atomic E-state index is 12.6. The SMILES string of the molecule is O=C(Nc1ccc(C(=O)C=Cc2cccc(N3CCOCC3)n2)cc1)OCCSc1ccccn1. The third-order valence-electron chi connectivity index (χ3n) is 5.12. The van der Waals surface area contributed by atoms with E-state index in [1.165, 1.54) is 17.8 Å². The quantitative estimate of drug-likeness (QED) is 0.202. The number of rotatable bonds is 9. The highest BCUT2D eigenvalue weighted by Gasteiger charge is 2.12. The summed E-state index contributed by atoms with van der Waals surface area (Å²) < 4.78 is 10.6. The molecule has 3 aromatic rings. The standard InChI is InChI=1S/C26H26N4O4S/c31-23(12-11-21-4-3-5-24(28-21)30-14-16-33-17-15-30)20-7-9-22(10-8-20)29-26(32)34-18-19-35-25-6-1-2-13-27-25/h1-13H,14-19H2,(H,29,32). The second-order valence-corrected chi connectivity index (χ2v) is 8.69. The average Bonchev–Trinajstić information content (AvgIpc) is 2.91. The molecule has 8 nitrogen and oxygen atoms in total. The lowest BCUT2D eigenvalue weighted by Crippen LogP contribution is -2.36. The molecular weight excluding hydrogens is 464 g/mol. The molecule has 0 bridgehead atoms. The molecule has 1 saturated heterocycles. The van der Waals surface area contributed by atoms with E-state index in [0.29, 0.717) is 35.9 Å². The van der Waals surface area contributed by atoms with Crippen LogP contribution in [-0.4, -0.2) is 60.5 Å². The summed E-state index contributed by atoms with van der Waals surface area (Å²) in [5.74, 6) is 1.33. The monoisotopic (exact) mass is 490 g/mol. The summed E-state index contributed by atoms with van der Waals surface area (Å²) in [6.45, 7) is 3.24. The first kappa shape index (κ1) is 24.4. The molecule has 1 N–H and O–H groups in total. The number of allylic oxidation sites excluding steroid dienone is 1. The van der Waals surface area contributed by atoms with E-state index in [9.17, 15) is 9.59 Å². The molecule has 3 heterocycles. The molecule has 0 saturated carbocycles. The molecule has 9 heteroatoms. The highest BCUT2D eigenvalue weighted by atomic mass is 32.2. The average molecular weight is 491 g/mol. The number of hydrogen-bond donors (Lipinski definition) is 1. The summed E-state index contributed by atoms with van der Waals surface area (Å²) in [4.78, 5) is 35.5. The van der Waals surface area contributed by atoms with Crippen molar-refractivity contribution in [2.45, 2.75) is 5.03 Å². The number of anilines is 2. The van der Waals surface area contributed by atoms with Crippen molar-refractivity contribution in [3.8, 4) is 0 Å². The molecule has 0 atom stereocenters. The number of benzene rings is 1. The van der Waals surface area contributed by atoms with Crippen molar-refractivity contribution in [2.24, 2.45) is 0 Å². The van der Waals surface area contributed by atoms with Gasteiger partial charge in [-0.15, -0.1) is 11.8 Å². The van der Waals surface area contributed by atoms with Crippen molar-refractivity contribution in [1.82, 2.24) is 9.97 Å². The number of morpholine rings is 1. The maximum atomic E-state index is 12.6. The zero-order valence-corrected chi connectivity index (χ0v) is 19.9. The van der Waals surface area contributed by atoms with Crippen LogP contribution in [0.1, 0.15) is 16.1 Å². The Bertz CT molecular complexity index is 1150. The minimum atomic E-state index is -0.545. The van der Waals surface area contributed by atoms with Gasteiger partial charge in [-0.3, -0.25) is 10.1 Å². The van der Waals surface area contributed by atoms with Crippen LogP contribution in [0, 0.1) is 0 Å². The van der Waals surface area contributed by atoms with Crippen LogP contribution >= 0.6 is 11.8 Å². The van der Waals surface area contributed by atoms with Gasteiger partial charge in [0, 0.05) is 36.3 Å². The first-order valence-electron chi connectivity index (χ1n) is 11.3. The van der Waals surface area contributed by atoms with Gasteiger partial charge in [0.2, 0.25) is 0 Å². The lowest BCUT2D eigenvalue weighted by atomic mass is 10.1. The van der Waals surface area contributed by atoms with Gasteiger partial charge in [0.25, 0.3) is 0 Å². The van der Waals surface area contributed by atoms with Gasteiger partial charge in [0.05, 0.1) is 23.9 Å². The zero-order valence-electron chi connectivity index (χ0n) is 19.1. The second-order valence-electron chi connectivity index (χ2n) is 7.57. The Morgan fingerprint density at radius 2 is 1.89 bits per heavy atom. The molecule has 0 spiro atoms.